The lowest BCUT2D eigenvalue weighted by Gasteiger charge is -2.25. The van der Waals surface area contributed by atoms with Gasteiger partial charge in [0.05, 0.1) is 11.5 Å². The third-order valence-electron chi connectivity index (χ3n) is 4.51. The topological polar surface area (TPSA) is 92.3 Å². The van der Waals surface area contributed by atoms with Crippen molar-refractivity contribution in [2.75, 3.05) is 28.8 Å². The van der Waals surface area contributed by atoms with Crippen molar-refractivity contribution in [2.24, 2.45) is 0 Å². The summed E-state index contributed by atoms with van der Waals surface area (Å²) in [5.74, 6) is 1.51. The van der Waals surface area contributed by atoms with Crippen molar-refractivity contribution in [3.05, 3.63) is 41.6 Å². The average molecular weight is 374 g/mol. The summed E-state index contributed by atoms with van der Waals surface area (Å²) in [6, 6.07) is 8.87. The summed E-state index contributed by atoms with van der Waals surface area (Å²) in [5.41, 5.74) is 2.20. The van der Waals surface area contributed by atoms with E-state index in [1.54, 1.807) is 24.3 Å². The van der Waals surface area contributed by atoms with Crippen molar-refractivity contribution in [2.45, 2.75) is 26.3 Å². The molecule has 1 fully saturated rings. The number of sulfone groups is 1. The molecule has 0 radical (unpaired) electrons. The van der Waals surface area contributed by atoms with E-state index in [2.05, 4.69) is 15.3 Å². The molecule has 1 unspecified atom stereocenters. The molecule has 1 atom stereocenters. The minimum atomic E-state index is -2.96. The standard InChI is InChI=1S/C18H22N4O3S/c1-12-10-17(22(3)16-8-9-26(24,25)11-16)21-18(19-12)20-15-6-4-14(5-7-15)13(2)23/h4-7,10,16H,8-9,11H2,1-3H3,(H,19,20,21). The van der Waals surface area contributed by atoms with Gasteiger partial charge in [-0.2, -0.15) is 4.98 Å². The number of hydrogen-bond donors (Lipinski definition) is 1. The average Bonchev–Trinajstić information content (AvgIpc) is 2.94. The van der Waals surface area contributed by atoms with Gasteiger partial charge in [-0.3, -0.25) is 4.79 Å². The van der Waals surface area contributed by atoms with E-state index < -0.39 is 9.84 Å². The lowest BCUT2D eigenvalue weighted by atomic mass is 10.1. The predicted molar refractivity (Wildman–Crippen MR) is 102 cm³/mol. The van der Waals surface area contributed by atoms with Crippen LogP contribution in [0.4, 0.5) is 17.5 Å². The highest BCUT2D eigenvalue weighted by Crippen LogP contribution is 2.24. The summed E-state index contributed by atoms with van der Waals surface area (Å²) < 4.78 is 23.5. The second kappa shape index (κ2) is 7.03. The van der Waals surface area contributed by atoms with Crippen LogP contribution in [0.25, 0.3) is 0 Å². The first-order chi connectivity index (χ1) is 12.2. The number of Topliss-reactive ketones (excluding diaryl/α,β-unsaturated/α-hetero) is 1. The molecule has 1 aromatic heterocycles. The maximum absolute atomic E-state index is 11.7. The molecule has 1 N–H and O–H groups in total. The Morgan fingerprint density at radius 3 is 2.50 bits per heavy atom. The fraction of sp³-hybridized carbons (Fsp3) is 0.389. The number of benzene rings is 1. The largest absolute Gasteiger partial charge is 0.355 e. The van der Waals surface area contributed by atoms with Gasteiger partial charge in [0, 0.05) is 36.1 Å². The number of aryl methyl sites for hydroxylation is 1. The Morgan fingerprint density at radius 1 is 1.23 bits per heavy atom. The van der Waals surface area contributed by atoms with E-state index in [9.17, 15) is 13.2 Å². The smallest absolute Gasteiger partial charge is 0.229 e. The first-order valence-electron chi connectivity index (χ1n) is 8.40. The number of nitrogens with zero attached hydrogens (tertiary/aromatic N) is 3. The summed E-state index contributed by atoms with van der Waals surface area (Å²) in [4.78, 5) is 22.2. The minimum absolute atomic E-state index is 0.0128. The van der Waals surface area contributed by atoms with Crippen LogP contribution in [-0.2, 0) is 9.84 Å². The van der Waals surface area contributed by atoms with E-state index in [-0.39, 0.29) is 23.3 Å². The van der Waals surface area contributed by atoms with Crippen LogP contribution in [0.2, 0.25) is 0 Å². The first-order valence-corrected chi connectivity index (χ1v) is 10.2. The molecule has 0 aliphatic carbocycles. The van der Waals surface area contributed by atoms with Gasteiger partial charge in [0.2, 0.25) is 5.95 Å². The second-order valence-electron chi connectivity index (χ2n) is 6.62. The van der Waals surface area contributed by atoms with Crippen LogP contribution < -0.4 is 10.2 Å². The van der Waals surface area contributed by atoms with Gasteiger partial charge in [-0.15, -0.1) is 0 Å². The van der Waals surface area contributed by atoms with Gasteiger partial charge in [0.1, 0.15) is 5.82 Å². The number of rotatable bonds is 5. The van der Waals surface area contributed by atoms with E-state index >= 15 is 0 Å². The molecule has 1 aliphatic heterocycles. The molecule has 2 heterocycles. The summed E-state index contributed by atoms with van der Waals surface area (Å²) >= 11 is 0. The molecular formula is C18H22N4O3S. The Hall–Kier alpha value is -2.48. The molecule has 1 aliphatic rings. The zero-order chi connectivity index (χ0) is 18.9. The Bertz CT molecular complexity index is 926. The molecule has 1 saturated heterocycles. The lowest BCUT2D eigenvalue weighted by molar-refractivity contribution is 0.101. The van der Waals surface area contributed by atoms with Crippen molar-refractivity contribution in [3.8, 4) is 0 Å². The van der Waals surface area contributed by atoms with Crippen LogP contribution in [0.3, 0.4) is 0 Å². The lowest BCUT2D eigenvalue weighted by Crippen LogP contribution is -2.33. The number of ketones is 1. The molecule has 138 valence electrons. The Kier molecular flexibility index (Phi) is 4.95. The van der Waals surface area contributed by atoms with Gasteiger partial charge in [-0.05, 0) is 44.5 Å². The molecule has 1 aromatic carbocycles. The summed E-state index contributed by atoms with van der Waals surface area (Å²) in [7, 11) is -1.10. The summed E-state index contributed by atoms with van der Waals surface area (Å²) in [6.07, 6.45) is 0.608. The fourth-order valence-corrected chi connectivity index (χ4v) is 4.75. The third kappa shape index (κ3) is 4.19. The zero-order valence-electron chi connectivity index (χ0n) is 15.1. The Morgan fingerprint density at radius 2 is 1.92 bits per heavy atom. The number of anilines is 3. The van der Waals surface area contributed by atoms with Crippen LogP contribution in [0.1, 0.15) is 29.4 Å². The quantitative estimate of drug-likeness (QED) is 0.803. The number of carbonyl (C=O) groups excluding carboxylic acids is 1. The molecular weight excluding hydrogens is 352 g/mol. The van der Waals surface area contributed by atoms with Crippen LogP contribution >= 0.6 is 0 Å². The van der Waals surface area contributed by atoms with E-state index in [4.69, 9.17) is 0 Å². The normalized spacial score (nSPS) is 18.5. The molecule has 26 heavy (non-hydrogen) atoms. The number of carbonyl (C=O) groups is 1. The van der Waals surface area contributed by atoms with E-state index in [0.717, 1.165) is 11.4 Å². The van der Waals surface area contributed by atoms with E-state index in [0.29, 0.717) is 23.8 Å². The maximum Gasteiger partial charge on any atom is 0.229 e. The summed E-state index contributed by atoms with van der Waals surface area (Å²) in [6.45, 7) is 3.39. The van der Waals surface area contributed by atoms with Gasteiger partial charge >= 0.3 is 0 Å². The first kappa shape index (κ1) is 18.3. The van der Waals surface area contributed by atoms with Crippen molar-refractivity contribution in [1.29, 1.82) is 0 Å². The van der Waals surface area contributed by atoms with Crippen LogP contribution in [-0.4, -0.2) is 48.8 Å². The zero-order valence-corrected chi connectivity index (χ0v) is 15.9. The predicted octanol–water partition coefficient (Wildman–Crippen LogP) is 2.35. The molecule has 0 spiro atoms. The van der Waals surface area contributed by atoms with Gasteiger partial charge in [0.25, 0.3) is 0 Å². The molecule has 8 heteroatoms. The highest BCUT2D eigenvalue weighted by Gasteiger charge is 2.31. The van der Waals surface area contributed by atoms with E-state index in [1.165, 1.54) is 6.92 Å². The monoisotopic (exact) mass is 374 g/mol. The van der Waals surface area contributed by atoms with Crippen molar-refractivity contribution < 1.29 is 13.2 Å². The minimum Gasteiger partial charge on any atom is -0.355 e. The molecule has 0 amide bonds. The second-order valence-corrected chi connectivity index (χ2v) is 8.85. The highest BCUT2D eigenvalue weighted by atomic mass is 32.2. The Balaban J connectivity index is 1.80. The SMILES string of the molecule is CC(=O)c1ccc(Nc2nc(C)cc(N(C)C3CCS(=O)(=O)C3)n2)cc1. The molecule has 0 bridgehead atoms. The van der Waals surface area contributed by atoms with Gasteiger partial charge < -0.3 is 10.2 Å². The van der Waals surface area contributed by atoms with Crippen molar-refractivity contribution in [1.82, 2.24) is 9.97 Å². The third-order valence-corrected chi connectivity index (χ3v) is 6.26. The van der Waals surface area contributed by atoms with Crippen LogP contribution in [0, 0.1) is 6.92 Å². The number of aromatic nitrogens is 2. The highest BCUT2D eigenvalue weighted by molar-refractivity contribution is 7.91. The van der Waals surface area contributed by atoms with Crippen LogP contribution in [0.15, 0.2) is 30.3 Å². The molecule has 3 rings (SSSR count). The number of hydrogen-bond acceptors (Lipinski definition) is 7. The van der Waals surface area contributed by atoms with E-state index in [1.807, 2.05) is 24.9 Å². The van der Waals surface area contributed by atoms with Gasteiger partial charge in [0.15, 0.2) is 15.6 Å². The fourth-order valence-electron chi connectivity index (χ4n) is 2.97. The van der Waals surface area contributed by atoms with Crippen molar-refractivity contribution in [3.63, 3.8) is 0 Å². The molecule has 7 nitrogen and oxygen atoms in total. The summed E-state index contributed by atoms with van der Waals surface area (Å²) in [5, 5.41) is 3.13. The Labute approximate surface area is 153 Å². The maximum atomic E-state index is 11.7. The molecule has 2 aromatic rings. The van der Waals surface area contributed by atoms with Crippen LogP contribution in [0.5, 0.6) is 0 Å². The van der Waals surface area contributed by atoms with Crippen molar-refractivity contribution >= 4 is 33.1 Å². The van der Waals surface area contributed by atoms with Gasteiger partial charge in [-0.1, -0.05) is 0 Å². The van der Waals surface area contributed by atoms with Gasteiger partial charge in [-0.25, -0.2) is 13.4 Å². The number of nitrogens with one attached hydrogen (secondary N) is 1. The molecule has 0 saturated carbocycles.